The smallest absolute Gasteiger partial charge is 0.223 e. The van der Waals surface area contributed by atoms with Crippen molar-refractivity contribution >= 4 is 11.7 Å². The molecule has 138 valence electrons. The Morgan fingerprint density at radius 3 is 2.32 bits per heavy atom. The highest BCUT2D eigenvalue weighted by molar-refractivity contribution is 5.98. The zero-order valence-corrected chi connectivity index (χ0v) is 15.6. The van der Waals surface area contributed by atoms with Gasteiger partial charge in [-0.2, -0.15) is 0 Å². The predicted molar refractivity (Wildman–Crippen MR) is 98.8 cm³/mol. The molecule has 0 saturated carbocycles. The summed E-state index contributed by atoms with van der Waals surface area (Å²) in [6.07, 6.45) is 1.44. The van der Waals surface area contributed by atoms with E-state index in [2.05, 4.69) is 11.8 Å². The molecular formula is C20H30N2O3. The second-order valence-electron chi connectivity index (χ2n) is 6.88. The molecule has 0 spiro atoms. The summed E-state index contributed by atoms with van der Waals surface area (Å²) in [6.45, 7) is 9.16. The first-order valence-electron chi connectivity index (χ1n) is 9.19. The van der Waals surface area contributed by atoms with Crippen LogP contribution in [-0.2, 0) is 4.79 Å². The fourth-order valence-corrected chi connectivity index (χ4v) is 3.28. The number of nitrogens with zero attached hydrogens (tertiary/aromatic N) is 2. The van der Waals surface area contributed by atoms with Crippen molar-refractivity contribution in [2.24, 2.45) is 0 Å². The molecule has 2 rings (SSSR count). The van der Waals surface area contributed by atoms with Crippen LogP contribution in [0.2, 0.25) is 0 Å². The van der Waals surface area contributed by atoms with Crippen molar-refractivity contribution in [2.45, 2.75) is 46.1 Å². The van der Waals surface area contributed by atoms with Crippen LogP contribution < -0.4 is 0 Å². The Kier molecular flexibility index (Phi) is 7.14. The van der Waals surface area contributed by atoms with Crippen molar-refractivity contribution in [3.8, 4) is 0 Å². The first kappa shape index (κ1) is 19.6. The minimum Gasteiger partial charge on any atom is -0.395 e. The van der Waals surface area contributed by atoms with Gasteiger partial charge < -0.3 is 10.0 Å². The average molecular weight is 346 g/mol. The van der Waals surface area contributed by atoms with Gasteiger partial charge in [-0.3, -0.25) is 14.5 Å². The molecule has 1 fully saturated rings. The first-order valence-corrected chi connectivity index (χ1v) is 9.19. The molecule has 1 N–H and O–H groups in total. The number of rotatable bonds is 7. The van der Waals surface area contributed by atoms with Gasteiger partial charge in [0.2, 0.25) is 5.91 Å². The van der Waals surface area contributed by atoms with Crippen molar-refractivity contribution in [2.75, 3.05) is 32.8 Å². The fourth-order valence-electron chi connectivity index (χ4n) is 3.28. The Hall–Kier alpha value is -1.72. The molecule has 1 aliphatic rings. The van der Waals surface area contributed by atoms with Gasteiger partial charge in [-0.25, -0.2) is 0 Å². The number of hydrogen-bond donors (Lipinski definition) is 1. The van der Waals surface area contributed by atoms with Gasteiger partial charge in [0.1, 0.15) is 0 Å². The molecule has 1 amide bonds. The topological polar surface area (TPSA) is 60.9 Å². The largest absolute Gasteiger partial charge is 0.395 e. The number of Topliss-reactive ketones (excluding diaryl/α,β-unsaturated/α-hetero) is 1. The van der Waals surface area contributed by atoms with E-state index in [1.807, 2.05) is 36.9 Å². The minimum atomic E-state index is 0.0291. The highest BCUT2D eigenvalue weighted by Gasteiger charge is 2.25. The monoisotopic (exact) mass is 346 g/mol. The number of hydrogen-bond acceptors (Lipinski definition) is 4. The van der Waals surface area contributed by atoms with Gasteiger partial charge in [-0.1, -0.05) is 19.1 Å². The van der Waals surface area contributed by atoms with Crippen LogP contribution in [0.1, 0.15) is 47.7 Å². The van der Waals surface area contributed by atoms with Gasteiger partial charge in [0.05, 0.1) is 6.61 Å². The SMILES string of the molecule is CCC(CO)N1CCN(C(=O)CCC(=O)c2ccc(C)c(C)c2)CC1. The van der Waals surface area contributed by atoms with Crippen molar-refractivity contribution in [3.05, 3.63) is 34.9 Å². The third-order valence-electron chi connectivity index (χ3n) is 5.26. The number of aliphatic hydroxyl groups is 1. The zero-order valence-electron chi connectivity index (χ0n) is 15.6. The highest BCUT2D eigenvalue weighted by atomic mass is 16.3. The maximum atomic E-state index is 12.4. The summed E-state index contributed by atoms with van der Waals surface area (Å²) in [4.78, 5) is 28.8. The van der Waals surface area contributed by atoms with Gasteiger partial charge in [-0.05, 0) is 37.5 Å². The van der Waals surface area contributed by atoms with E-state index < -0.39 is 0 Å². The van der Waals surface area contributed by atoms with Crippen molar-refractivity contribution in [1.29, 1.82) is 0 Å². The summed E-state index contributed by atoms with van der Waals surface area (Å²) in [6, 6.07) is 5.88. The lowest BCUT2D eigenvalue weighted by Gasteiger charge is -2.38. The summed E-state index contributed by atoms with van der Waals surface area (Å²) < 4.78 is 0. The number of aryl methyl sites for hydroxylation is 2. The summed E-state index contributed by atoms with van der Waals surface area (Å²) in [5.74, 6) is 0.0790. The molecule has 1 atom stereocenters. The molecule has 1 saturated heterocycles. The van der Waals surface area contributed by atoms with E-state index in [4.69, 9.17) is 0 Å². The Morgan fingerprint density at radius 1 is 1.08 bits per heavy atom. The normalized spacial score (nSPS) is 16.7. The Labute approximate surface area is 150 Å². The van der Waals surface area contributed by atoms with Gasteiger partial charge in [0.15, 0.2) is 5.78 Å². The van der Waals surface area contributed by atoms with Gasteiger partial charge >= 0.3 is 0 Å². The number of carbonyl (C=O) groups is 2. The molecule has 5 heteroatoms. The molecule has 1 aromatic rings. The van der Waals surface area contributed by atoms with Crippen molar-refractivity contribution in [1.82, 2.24) is 9.80 Å². The van der Waals surface area contributed by atoms with Crippen molar-refractivity contribution < 1.29 is 14.7 Å². The van der Waals surface area contributed by atoms with E-state index in [1.54, 1.807) is 0 Å². The summed E-state index contributed by atoms with van der Waals surface area (Å²) in [5.41, 5.74) is 2.95. The van der Waals surface area contributed by atoms with E-state index in [0.717, 1.165) is 25.1 Å². The summed E-state index contributed by atoms with van der Waals surface area (Å²) >= 11 is 0. The third-order valence-corrected chi connectivity index (χ3v) is 5.26. The van der Waals surface area contributed by atoms with Crippen LogP contribution in [0.15, 0.2) is 18.2 Å². The van der Waals surface area contributed by atoms with E-state index in [0.29, 0.717) is 18.7 Å². The summed E-state index contributed by atoms with van der Waals surface area (Å²) in [7, 11) is 0. The quantitative estimate of drug-likeness (QED) is 0.769. The second-order valence-corrected chi connectivity index (χ2v) is 6.88. The molecule has 0 aliphatic carbocycles. The molecule has 0 aromatic heterocycles. The molecule has 5 nitrogen and oxygen atoms in total. The van der Waals surface area contributed by atoms with Gasteiger partial charge in [-0.15, -0.1) is 0 Å². The number of ketones is 1. The van der Waals surface area contributed by atoms with E-state index >= 15 is 0 Å². The van der Waals surface area contributed by atoms with Crippen LogP contribution in [0.3, 0.4) is 0 Å². The molecule has 1 aromatic carbocycles. The zero-order chi connectivity index (χ0) is 18.4. The summed E-state index contributed by atoms with van der Waals surface area (Å²) in [5, 5.41) is 9.38. The maximum absolute atomic E-state index is 12.4. The molecule has 1 aliphatic heterocycles. The van der Waals surface area contributed by atoms with Crippen LogP contribution in [0.5, 0.6) is 0 Å². The van der Waals surface area contributed by atoms with Crippen LogP contribution in [0.4, 0.5) is 0 Å². The molecule has 1 unspecified atom stereocenters. The molecule has 0 bridgehead atoms. The maximum Gasteiger partial charge on any atom is 0.223 e. The standard InChI is InChI=1S/C20H30N2O3/c1-4-18(14-23)21-9-11-22(12-10-21)20(25)8-7-19(24)17-6-5-15(2)16(3)13-17/h5-6,13,18,23H,4,7-12,14H2,1-3H3. The second kappa shape index (κ2) is 9.11. The van der Waals surface area contributed by atoms with E-state index in [1.165, 1.54) is 5.56 Å². The van der Waals surface area contributed by atoms with Crippen molar-refractivity contribution in [3.63, 3.8) is 0 Å². The van der Waals surface area contributed by atoms with E-state index in [9.17, 15) is 14.7 Å². The molecule has 1 heterocycles. The van der Waals surface area contributed by atoms with Crippen LogP contribution in [-0.4, -0.2) is 65.4 Å². The van der Waals surface area contributed by atoms with E-state index in [-0.39, 0.29) is 37.2 Å². The number of benzene rings is 1. The fraction of sp³-hybridized carbons (Fsp3) is 0.600. The molecule has 25 heavy (non-hydrogen) atoms. The Morgan fingerprint density at radius 2 is 1.76 bits per heavy atom. The van der Waals surface area contributed by atoms with Gasteiger partial charge in [0.25, 0.3) is 0 Å². The lowest BCUT2D eigenvalue weighted by atomic mass is 10.0. The van der Waals surface area contributed by atoms with Crippen LogP contribution in [0, 0.1) is 13.8 Å². The lowest BCUT2D eigenvalue weighted by Crippen LogP contribution is -2.52. The average Bonchev–Trinajstić information content (AvgIpc) is 2.63. The first-order chi connectivity index (χ1) is 12.0. The Balaban J connectivity index is 1.81. The predicted octanol–water partition coefficient (Wildman–Crippen LogP) is 2.18. The van der Waals surface area contributed by atoms with Crippen LogP contribution >= 0.6 is 0 Å². The Bertz CT molecular complexity index is 603. The number of piperazine rings is 1. The number of aliphatic hydroxyl groups excluding tert-OH is 1. The third kappa shape index (κ3) is 5.13. The molecule has 0 radical (unpaired) electrons. The van der Waals surface area contributed by atoms with Crippen LogP contribution in [0.25, 0.3) is 0 Å². The highest BCUT2D eigenvalue weighted by Crippen LogP contribution is 2.14. The number of carbonyl (C=O) groups excluding carboxylic acids is 2. The molecular weight excluding hydrogens is 316 g/mol. The minimum absolute atomic E-state index is 0.0291. The number of amides is 1. The lowest BCUT2D eigenvalue weighted by molar-refractivity contribution is -0.133. The van der Waals surface area contributed by atoms with Gasteiger partial charge in [0, 0.05) is 50.6 Å².